The van der Waals surface area contributed by atoms with E-state index in [2.05, 4.69) is 4.98 Å². The van der Waals surface area contributed by atoms with Gasteiger partial charge in [-0.1, -0.05) is 60.2 Å². The van der Waals surface area contributed by atoms with Crippen LogP contribution >= 0.6 is 0 Å². The zero-order valence-corrected chi connectivity index (χ0v) is 12.9. The highest BCUT2D eigenvalue weighted by Crippen LogP contribution is 2.35. The Hall–Kier alpha value is -2.39. The maximum absolute atomic E-state index is 11.6. The second-order valence-corrected chi connectivity index (χ2v) is 5.48. The molecule has 112 valence electrons. The van der Waals surface area contributed by atoms with Gasteiger partial charge in [0.25, 0.3) is 0 Å². The summed E-state index contributed by atoms with van der Waals surface area (Å²) in [4.78, 5) is 4.45. The number of rotatable bonds is 4. The topological polar surface area (TPSA) is 38.0 Å². The Morgan fingerprint density at radius 3 is 2.27 bits per heavy atom. The van der Waals surface area contributed by atoms with Crippen LogP contribution in [0.4, 0.5) is 0 Å². The molecule has 0 fully saturated rings. The van der Waals surface area contributed by atoms with Crippen LogP contribution in [0.1, 0.15) is 29.4 Å². The van der Waals surface area contributed by atoms with E-state index in [1.54, 1.807) is 6.20 Å². The zero-order valence-electron chi connectivity index (χ0n) is 12.9. The highest BCUT2D eigenvalue weighted by atomic mass is 16.3. The van der Waals surface area contributed by atoms with E-state index >= 15 is 0 Å². The van der Waals surface area contributed by atoms with Crippen molar-refractivity contribution in [1.82, 2.24) is 9.55 Å². The Morgan fingerprint density at radius 2 is 1.64 bits per heavy atom. The highest BCUT2D eigenvalue weighted by molar-refractivity contribution is 5.43. The molecule has 0 radical (unpaired) electrons. The van der Waals surface area contributed by atoms with Gasteiger partial charge in [0, 0.05) is 18.9 Å². The van der Waals surface area contributed by atoms with Crippen molar-refractivity contribution in [3.05, 3.63) is 89.5 Å². The number of aryl methyl sites for hydroxylation is 2. The number of hydrogen-bond acceptors (Lipinski definition) is 2. The molecule has 3 nitrogen and oxygen atoms in total. The van der Waals surface area contributed by atoms with Gasteiger partial charge in [-0.25, -0.2) is 4.98 Å². The monoisotopic (exact) mass is 292 g/mol. The van der Waals surface area contributed by atoms with Crippen LogP contribution in [-0.2, 0) is 12.1 Å². The Bertz CT molecular complexity index is 747. The number of benzene rings is 2. The van der Waals surface area contributed by atoms with Crippen LogP contribution in [0.15, 0.2) is 67.0 Å². The van der Waals surface area contributed by atoms with Gasteiger partial charge in [-0.15, -0.1) is 0 Å². The molecule has 3 rings (SSSR count). The Kier molecular flexibility index (Phi) is 3.82. The van der Waals surface area contributed by atoms with Crippen LogP contribution in [0.2, 0.25) is 0 Å². The maximum Gasteiger partial charge on any atom is 0.173 e. The molecule has 2 aromatic carbocycles. The molecule has 0 aliphatic carbocycles. The molecule has 0 bridgehead atoms. The van der Waals surface area contributed by atoms with E-state index in [9.17, 15) is 5.11 Å². The zero-order chi connectivity index (χ0) is 15.6. The minimum absolute atomic E-state index is 0.644. The number of hydrogen-bond donors (Lipinski definition) is 1. The van der Waals surface area contributed by atoms with Crippen LogP contribution in [0.25, 0.3) is 0 Å². The molecule has 1 aromatic heterocycles. The lowest BCUT2D eigenvalue weighted by molar-refractivity contribution is 0.111. The van der Waals surface area contributed by atoms with Gasteiger partial charge in [0.2, 0.25) is 0 Å². The lowest BCUT2D eigenvalue weighted by atomic mass is 9.85. The van der Waals surface area contributed by atoms with Gasteiger partial charge in [0.05, 0.1) is 0 Å². The predicted octanol–water partition coefficient (Wildman–Crippen LogP) is 3.50. The van der Waals surface area contributed by atoms with Crippen LogP contribution in [0.5, 0.6) is 0 Å². The fourth-order valence-electron chi connectivity index (χ4n) is 2.78. The van der Waals surface area contributed by atoms with Crippen molar-refractivity contribution in [2.75, 3.05) is 0 Å². The lowest BCUT2D eigenvalue weighted by Gasteiger charge is -2.29. The molecule has 0 saturated carbocycles. The normalized spacial score (nSPS) is 13.8. The summed E-state index contributed by atoms with van der Waals surface area (Å²) in [5, 5.41) is 11.6. The molecule has 0 saturated heterocycles. The van der Waals surface area contributed by atoms with E-state index < -0.39 is 5.60 Å². The van der Waals surface area contributed by atoms with E-state index in [1.165, 1.54) is 0 Å². The minimum Gasteiger partial charge on any atom is -0.373 e. The van der Waals surface area contributed by atoms with E-state index in [1.807, 2.05) is 79.2 Å². The molecule has 1 atom stereocenters. The molecule has 1 heterocycles. The van der Waals surface area contributed by atoms with Crippen molar-refractivity contribution in [2.45, 2.75) is 26.0 Å². The van der Waals surface area contributed by atoms with Gasteiger partial charge >= 0.3 is 0 Å². The van der Waals surface area contributed by atoms with Crippen molar-refractivity contribution < 1.29 is 5.11 Å². The molecule has 0 aliphatic heterocycles. The predicted molar refractivity (Wildman–Crippen MR) is 87.6 cm³/mol. The van der Waals surface area contributed by atoms with Gasteiger partial charge in [-0.3, -0.25) is 0 Å². The van der Waals surface area contributed by atoms with E-state index in [0.717, 1.165) is 23.2 Å². The minimum atomic E-state index is -1.26. The van der Waals surface area contributed by atoms with E-state index in [4.69, 9.17) is 0 Å². The van der Waals surface area contributed by atoms with Gasteiger partial charge in [-0.2, -0.15) is 0 Å². The van der Waals surface area contributed by atoms with Crippen molar-refractivity contribution in [3.63, 3.8) is 0 Å². The van der Waals surface area contributed by atoms with Crippen molar-refractivity contribution >= 4 is 0 Å². The van der Waals surface area contributed by atoms with Crippen molar-refractivity contribution in [2.24, 2.45) is 0 Å². The van der Waals surface area contributed by atoms with E-state index in [0.29, 0.717) is 5.82 Å². The van der Waals surface area contributed by atoms with Crippen LogP contribution in [0, 0.1) is 6.92 Å². The quantitative estimate of drug-likeness (QED) is 0.799. The van der Waals surface area contributed by atoms with Gasteiger partial charge in [-0.05, 0) is 25.0 Å². The second-order valence-electron chi connectivity index (χ2n) is 5.48. The average molecular weight is 292 g/mol. The first-order valence-corrected chi connectivity index (χ1v) is 7.53. The largest absolute Gasteiger partial charge is 0.373 e. The maximum atomic E-state index is 11.6. The van der Waals surface area contributed by atoms with Crippen molar-refractivity contribution in [1.29, 1.82) is 0 Å². The lowest BCUT2D eigenvalue weighted by Crippen LogP contribution is -2.32. The summed E-state index contributed by atoms with van der Waals surface area (Å²) in [5.74, 6) is 0.644. The van der Waals surface area contributed by atoms with Crippen molar-refractivity contribution in [3.8, 4) is 0 Å². The molecule has 3 aromatic rings. The summed E-state index contributed by atoms with van der Waals surface area (Å²) >= 11 is 0. The van der Waals surface area contributed by atoms with Gasteiger partial charge < -0.3 is 9.67 Å². The van der Waals surface area contributed by atoms with Gasteiger partial charge in [0.15, 0.2) is 5.60 Å². The SMILES string of the molecule is CCn1ccnc1[C@@](O)(c1ccccc1)c1ccc(C)cc1. The highest BCUT2D eigenvalue weighted by Gasteiger charge is 2.37. The summed E-state index contributed by atoms with van der Waals surface area (Å²) in [6, 6.07) is 17.7. The number of aromatic nitrogens is 2. The molecular formula is C19H20N2O. The summed E-state index contributed by atoms with van der Waals surface area (Å²) in [6.45, 7) is 4.85. The summed E-state index contributed by atoms with van der Waals surface area (Å²) in [5.41, 5.74) is 1.55. The van der Waals surface area contributed by atoms with Crippen LogP contribution < -0.4 is 0 Å². The van der Waals surface area contributed by atoms with Crippen LogP contribution in [0.3, 0.4) is 0 Å². The molecule has 0 spiro atoms. The molecule has 22 heavy (non-hydrogen) atoms. The standard InChI is InChI=1S/C19H20N2O/c1-3-21-14-13-20-18(21)19(22,16-7-5-4-6-8-16)17-11-9-15(2)10-12-17/h4-14,22H,3H2,1-2H3/t19-/m1/s1. The number of imidazole rings is 1. The number of nitrogens with zero attached hydrogens (tertiary/aromatic N) is 2. The van der Waals surface area contributed by atoms with Crippen LogP contribution in [-0.4, -0.2) is 14.7 Å². The summed E-state index contributed by atoms with van der Waals surface area (Å²) in [6.07, 6.45) is 3.64. The Labute approximate surface area is 130 Å². The van der Waals surface area contributed by atoms with Gasteiger partial charge in [0.1, 0.15) is 5.82 Å². The third kappa shape index (κ3) is 2.34. The Balaban J connectivity index is 2.25. The first-order chi connectivity index (χ1) is 10.7. The second kappa shape index (κ2) is 5.78. The summed E-state index contributed by atoms with van der Waals surface area (Å²) in [7, 11) is 0. The molecule has 0 amide bonds. The first-order valence-electron chi connectivity index (χ1n) is 7.53. The molecular weight excluding hydrogens is 272 g/mol. The molecule has 3 heteroatoms. The average Bonchev–Trinajstić information content (AvgIpc) is 3.05. The molecule has 0 aliphatic rings. The molecule has 0 unspecified atom stereocenters. The fraction of sp³-hybridized carbons (Fsp3) is 0.211. The number of aliphatic hydroxyl groups is 1. The smallest absolute Gasteiger partial charge is 0.173 e. The third-order valence-corrected chi connectivity index (χ3v) is 4.04. The fourth-order valence-corrected chi connectivity index (χ4v) is 2.78. The summed E-state index contributed by atoms with van der Waals surface area (Å²) < 4.78 is 1.98. The Morgan fingerprint density at radius 1 is 1.00 bits per heavy atom. The third-order valence-electron chi connectivity index (χ3n) is 4.04. The molecule has 1 N–H and O–H groups in total. The van der Waals surface area contributed by atoms with E-state index in [-0.39, 0.29) is 0 Å². The first kappa shape index (κ1) is 14.5.